The first kappa shape index (κ1) is 10.4. The van der Waals surface area contributed by atoms with Gasteiger partial charge in [0, 0.05) is 6.20 Å². The molecule has 72 valence electrons. The number of nitrogens with zero attached hydrogens (tertiary/aromatic N) is 1. The van der Waals surface area contributed by atoms with Gasteiger partial charge in [-0.15, -0.1) is 0 Å². The number of alkyl halides is 2. The molecule has 1 heterocycles. The van der Waals surface area contributed by atoms with Crippen LogP contribution in [0.15, 0.2) is 10.8 Å². The topological polar surface area (TPSA) is 22.1 Å². The summed E-state index contributed by atoms with van der Waals surface area (Å²) >= 11 is 3.04. The van der Waals surface area contributed by atoms with Crippen LogP contribution in [0.1, 0.15) is 17.6 Å². The summed E-state index contributed by atoms with van der Waals surface area (Å²) < 4.78 is 30.2. The minimum atomic E-state index is -2.55. The van der Waals surface area contributed by atoms with Crippen LogP contribution < -0.4 is 4.74 Å². The Morgan fingerprint density at radius 3 is 2.54 bits per heavy atom. The summed E-state index contributed by atoms with van der Waals surface area (Å²) in [6.07, 6.45) is -1.16. The molecule has 0 fully saturated rings. The van der Waals surface area contributed by atoms with Gasteiger partial charge in [-0.3, -0.25) is 0 Å². The summed E-state index contributed by atoms with van der Waals surface area (Å²) in [6, 6.07) is 0. The first-order chi connectivity index (χ1) is 6.07. The molecule has 0 saturated heterocycles. The lowest BCUT2D eigenvalue weighted by Crippen LogP contribution is -1.98. The number of aromatic nitrogens is 1. The van der Waals surface area contributed by atoms with E-state index in [4.69, 9.17) is 4.74 Å². The average Bonchev–Trinajstić information content (AvgIpc) is 2.07. The van der Waals surface area contributed by atoms with E-state index in [0.29, 0.717) is 10.2 Å². The zero-order valence-corrected chi connectivity index (χ0v) is 8.73. The van der Waals surface area contributed by atoms with E-state index in [1.807, 2.05) is 0 Å². The van der Waals surface area contributed by atoms with E-state index >= 15 is 0 Å². The number of hydrogen-bond acceptors (Lipinski definition) is 2. The molecule has 13 heavy (non-hydrogen) atoms. The maximum atomic E-state index is 12.5. The van der Waals surface area contributed by atoms with Crippen LogP contribution in [0.3, 0.4) is 0 Å². The molecule has 0 aliphatic rings. The summed E-state index contributed by atoms with van der Waals surface area (Å²) in [5.74, 6) is 0.106. The van der Waals surface area contributed by atoms with E-state index in [1.54, 1.807) is 6.92 Å². The SMILES string of the molecule is COc1c(Br)ncc(C)c1C(F)F. The second-order valence-electron chi connectivity index (χ2n) is 2.48. The smallest absolute Gasteiger partial charge is 0.267 e. The highest BCUT2D eigenvalue weighted by atomic mass is 79.9. The Morgan fingerprint density at radius 2 is 2.15 bits per heavy atom. The van der Waals surface area contributed by atoms with Gasteiger partial charge in [0.2, 0.25) is 0 Å². The monoisotopic (exact) mass is 251 g/mol. The Bertz CT molecular complexity index is 317. The van der Waals surface area contributed by atoms with Crippen molar-refractivity contribution < 1.29 is 13.5 Å². The van der Waals surface area contributed by atoms with Gasteiger partial charge in [0.25, 0.3) is 6.43 Å². The Labute approximate surface area is 83.1 Å². The number of methoxy groups -OCH3 is 1. The molecular weight excluding hydrogens is 244 g/mol. The van der Waals surface area contributed by atoms with Crippen LogP contribution in [0.2, 0.25) is 0 Å². The highest BCUT2D eigenvalue weighted by Gasteiger charge is 2.19. The first-order valence-electron chi connectivity index (χ1n) is 3.55. The van der Waals surface area contributed by atoms with E-state index in [-0.39, 0.29) is 11.3 Å². The number of pyridine rings is 1. The average molecular weight is 252 g/mol. The summed E-state index contributed by atoms with van der Waals surface area (Å²) in [6.45, 7) is 1.57. The van der Waals surface area contributed by atoms with Gasteiger partial charge < -0.3 is 4.74 Å². The van der Waals surface area contributed by atoms with Crippen LogP contribution in [0.25, 0.3) is 0 Å². The number of rotatable bonds is 2. The summed E-state index contributed by atoms with van der Waals surface area (Å²) in [4.78, 5) is 3.85. The van der Waals surface area contributed by atoms with Gasteiger partial charge in [0.05, 0.1) is 12.7 Å². The van der Waals surface area contributed by atoms with Crippen molar-refractivity contribution in [3.63, 3.8) is 0 Å². The predicted molar refractivity (Wildman–Crippen MR) is 48.2 cm³/mol. The van der Waals surface area contributed by atoms with Crippen molar-refractivity contribution in [3.8, 4) is 5.75 Å². The minimum absolute atomic E-state index is 0.106. The van der Waals surface area contributed by atoms with Crippen molar-refractivity contribution >= 4 is 15.9 Å². The Morgan fingerprint density at radius 1 is 1.54 bits per heavy atom. The fourth-order valence-electron chi connectivity index (χ4n) is 1.04. The van der Waals surface area contributed by atoms with Gasteiger partial charge in [0.15, 0.2) is 5.75 Å². The molecule has 0 spiro atoms. The third-order valence-electron chi connectivity index (χ3n) is 1.65. The van der Waals surface area contributed by atoms with Crippen molar-refractivity contribution in [2.45, 2.75) is 13.3 Å². The minimum Gasteiger partial charge on any atom is -0.493 e. The quantitative estimate of drug-likeness (QED) is 0.754. The van der Waals surface area contributed by atoms with E-state index in [1.165, 1.54) is 13.3 Å². The molecular formula is C8H8BrF2NO. The van der Waals surface area contributed by atoms with Crippen molar-refractivity contribution in [1.29, 1.82) is 0 Å². The normalized spacial score (nSPS) is 10.6. The van der Waals surface area contributed by atoms with Gasteiger partial charge in [0.1, 0.15) is 4.60 Å². The molecule has 0 atom stereocenters. The number of hydrogen-bond donors (Lipinski definition) is 0. The molecule has 0 aliphatic carbocycles. The van der Waals surface area contributed by atoms with Crippen molar-refractivity contribution in [1.82, 2.24) is 4.98 Å². The predicted octanol–water partition coefficient (Wildman–Crippen LogP) is 3.10. The van der Waals surface area contributed by atoms with Crippen molar-refractivity contribution in [2.75, 3.05) is 7.11 Å². The standard InChI is InChI=1S/C8H8BrF2NO/c1-4-3-12-7(9)6(13-2)5(4)8(10)11/h3,8H,1-2H3. The lowest BCUT2D eigenvalue weighted by Gasteiger charge is -2.11. The van der Waals surface area contributed by atoms with Gasteiger partial charge in [-0.25, -0.2) is 13.8 Å². The van der Waals surface area contributed by atoms with Gasteiger partial charge >= 0.3 is 0 Å². The second kappa shape index (κ2) is 4.00. The molecule has 0 unspecified atom stereocenters. The highest BCUT2D eigenvalue weighted by molar-refractivity contribution is 9.10. The maximum Gasteiger partial charge on any atom is 0.267 e. The fraction of sp³-hybridized carbons (Fsp3) is 0.375. The molecule has 0 aromatic carbocycles. The van der Waals surface area contributed by atoms with Crippen LogP contribution in [-0.4, -0.2) is 12.1 Å². The van der Waals surface area contributed by atoms with E-state index in [9.17, 15) is 8.78 Å². The molecule has 0 amide bonds. The molecule has 0 N–H and O–H groups in total. The number of ether oxygens (including phenoxy) is 1. The Kier molecular flexibility index (Phi) is 3.19. The molecule has 0 bridgehead atoms. The molecule has 0 aliphatic heterocycles. The van der Waals surface area contributed by atoms with E-state index < -0.39 is 6.43 Å². The van der Waals surface area contributed by atoms with Gasteiger partial charge in [-0.2, -0.15) is 0 Å². The maximum absolute atomic E-state index is 12.5. The van der Waals surface area contributed by atoms with E-state index in [0.717, 1.165) is 0 Å². The largest absolute Gasteiger partial charge is 0.493 e. The number of halogens is 3. The van der Waals surface area contributed by atoms with Crippen molar-refractivity contribution in [2.24, 2.45) is 0 Å². The highest BCUT2D eigenvalue weighted by Crippen LogP contribution is 2.35. The molecule has 1 rings (SSSR count). The van der Waals surface area contributed by atoms with Crippen LogP contribution in [-0.2, 0) is 0 Å². The molecule has 0 radical (unpaired) electrons. The molecule has 1 aromatic heterocycles. The van der Waals surface area contributed by atoms with Gasteiger partial charge in [-0.05, 0) is 28.4 Å². The van der Waals surface area contributed by atoms with Crippen LogP contribution in [0.4, 0.5) is 8.78 Å². The lowest BCUT2D eigenvalue weighted by molar-refractivity contribution is 0.146. The lowest BCUT2D eigenvalue weighted by atomic mass is 10.1. The summed E-state index contributed by atoms with van der Waals surface area (Å²) in [5, 5.41) is 0. The Balaban J connectivity index is 3.35. The van der Waals surface area contributed by atoms with Crippen LogP contribution in [0, 0.1) is 6.92 Å². The van der Waals surface area contributed by atoms with E-state index in [2.05, 4.69) is 20.9 Å². The second-order valence-corrected chi connectivity index (χ2v) is 3.23. The Hall–Kier alpha value is -0.710. The molecule has 0 saturated carbocycles. The third-order valence-corrected chi connectivity index (χ3v) is 2.22. The van der Waals surface area contributed by atoms with Crippen LogP contribution >= 0.6 is 15.9 Å². The first-order valence-corrected chi connectivity index (χ1v) is 4.34. The molecule has 2 nitrogen and oxygen atoms in total. The summed E-state index contributed by atoms with van der Waals surface area (Å²) in [7, 11) is 1.34. The fourth-order valence-corrected chi connectivity index (χ4v) is 1.52. The zero-order chi connectivity index (χ0) is 10.0. The summed E-state index contributed by atoms with van der Waals surface area (Å²) in [5.41, 5.74) is 0.319. The van der Waals surface area contributed by atoms with Gasteiger partial charge in [-0.1, -0.05) is 0 Å². The third kappa shape index (κ3) is 1.96. The molecule has 5 heteroatoms. The zero-order valence-electron chi connectivity index (χ0n) is 7.14. The number of aryl methyl sites for hydroxylation is 1. The van der Waals surface area contributed by atoms with Crippen molar-refractivity contribution in [3.05, 3.63) is 21.9 Å². The molecule has 1 aromatic rings. The van der Waals surface area contributed by atoms with Crippen LogP contribution in [0.5, 0.6) is 5.75 Å².